The van der Waals surface area contributed by atoms with Crippen LogP contribution in [0.1, 0.15) is 24.3 Å². The van der Waals surface area contributed by atoms with Crippen LogP contribution in [-0.2, 0) is 11.2 Å². The first kappa shape index (κ1) is 11.1. The van der Waals surface area contributed by atoms with Crippen molar-refractivity contribution >= 4 is 23.7 Å². The third-order valence-electron chi connectivity index (χ3n) is 2.03. The molecule has 0 atom stereocenters. The van der Waals surface area contributed by atoms with E-state index in [0.29, 0.717) is 5.06 Å². The highest BCUT2D eigenvalue weighted by atomic mass is 32.1. The fraction of sp³-hybridized carbons (Fsp3) is 0.455. The number of nitrogens with zero attached hydrogens (tertiary/aromatic N) is 1. The predicted octanol–water partition coefficient (Wildman–Crippen LogP) is 2.65. The Bertz CT molecular complexity index is 423. The molecule has 0 bridgehead atoms. The van der Waals surface area contributed by atoms with Crippen molar-refractivity contribution in [3.05, 3.63) is 16.5 Å². The first-order valence-corrected chi connectivity index (χ1v) is 5.98. The summed E-state index contributed by atoms with van der Waals surface area (Å²) in [6.45, 7) is 4.38. The van der Waals surface area contributed by atoms with Crippen LogP contribution in [0.15, 0.2) is 11.1 Å². The van der Waals surface area contributed by atoms with Gasteiger partial charge in [0.05, 0.1) is 6.10 Å². The molecule has 16 heavy (non-hydrogen) atoms. The Kier molecular flexibility index (Phi) is 3.24. The van der Waals surface area contributed by atoms with Gasteiger partial charge in [0.1, 0.15) is 0 Å². The van der Waals surface area contributed by atoms with Crippen molar-refractivity contribution in [3.63, 3.8) is 0 Å². The van der Waals surface area contributed by atoms with E-state index in [4.69, 9.17) is 9.47 Å². The van der Waals surface area contributed by atoms with Crippen LogP contribution >= 0.6 is 11.3 Å². The highest BCUT2D eigenvalue weighted by Gasteiger charge is 2.15. The van der Waals surface area contributed by atoms with Gasteiger partial charge in [0.25, 0.3) is 0 Å². The molecule has 0 saturated carbocycles. The van der Waals surface area contributed by atoms with Crippen LogP contribution < -0.4 is 4.74 Å². The van der Waals surface area contributed by atoms with Gasteiger partial charge in [-0.15, -0.1) is 11.3 Å². The molecule has 5 heteroatoms. The highest BCUT2D eigenvalue weighted by Crippen LogP contribution is 2.30. The molecule has 0 N–H and O–H groups in total. The molecule has 0 aliphatic carbocycles. The molecule has 1 aliphatic rings. The maximum Gasteiger partial charge on any atom is 0.514 e. The van der Waals surface area contributed by atoms with E-state index in [1.54, 1.807) is 13.8 Å². The molecule has 1 aliphatic heterocycles. The quantitative estimate of drug-likeness (QED) is 0.745. The molecule has 0 amide bonds. The van der Waals surface area contributed by atoms with Gasteiger partial charge in [-0.2, -0.15) is 0 Å². The van der Waals surface area contributed by atoms with E-state index in [1.165, 1.54) is 16.2 Å². The van der Waals surface area contributed by atoms with E-state index in [-0.39, 0.29) is 6.10 Å². The van der Waals surface area contributed by atoms with E-state index >= 15 is 0 Å². The zero-order valence-corrected chi connectivity index (χ0v) is 10.0. The maximum absolute atomic E-state index is 11.3. The Balaban J connectivity index is 2.03. The number of aliphatic imine (C=N–C) groups is 1. The average molecular weight is 239 g/mol. The Hall–Kier alpha value is -1.36. The number of ether oxygens (including phenoxy) is 2. The van der Waals surface area contributed by atoms with E-state index in [0.717, 1.165) is 18.5 Å². The molecule has 0 spiro atoms. The van der Waals surface area contributed by atoms with Gasteiger partial charge in [-0.25, -0.2) is 4.79 Å². The van der Waals surface area contributed by atoms with E-state index < -0.39 is 6.16 Å². The minimum absolute atomic E-state index is 0.163. The Labute approximate surface area is 97.9 Å². The summed E-state index contributed by atoms with van der Waals surface area (Å²) < 4.78 is 9.97. The largest absolute Gasteiger partial charge is 0.514 e. The van der Waals surface area contributed by atoms with Crippen molar-refractivity contribution in [2.75, 3.05) is 6.54 Å². The van der Waals surface area contributed by atoms with Crippen LogP contribution in [0.4, 0.5) is 4.79 Å². The summed E-state index contributed by atoms with van der Waals surface area (Å²) >= 11 is 1.48. The van der Waals surface area contributed by atoms with Crippen molar-refractivity contribution < 1.29 is 14.3 Å². The number of carbonyl (C=O) groups is 1. The lowest BCUT2D eigenvalue weighted by atomic mass is 10.2. The zero-order valence-electron chi connectivity index (χ0n) is 9.23. The fourth-order valence-electron chi connectivity index (χ4n) is 1.40. The van der Waals surface area contributed by atoms with Gasteiger partial charge in [0.15, 0.2) is 5.06 Å². The van der Waals surface area contributed by atoms with Crippen molar-refractivity contribution in [2.24, 2.45) is 4.99 Å². The van der Waals surface area contributed by atoms with Crippen molar-refractivity contribution in [2.45, 2.75) is 26.4 Å². The van der Waals surface area contributed by atoms with Gasteiger partial charge in [-0.3, -0.25) is 4.99 Å². The summed E-state index contributed by atoms with van der Waals surface area (Å²) in [6, 6.07) is 1.82. The number of rotatable bonds is 2. The summed E-state index contributed by atoms with van der Waals surface area (Å²) in [5.74, 6) is 0. The Morgan fingerprint density at radius 1 is 1.56 bits per heavy atom. The molecular formula is C11H13NO3S. The molecule has 0 radical (unpaired) electrons. The normalized spacial score (nSPS) is 13.7. The van der Waals surface area contributed by atoms with Crippen LogP contribution in [-0.4, -0.2) is 25.0 Å². The minimum atomic E-state index is -0.648. The number of hydrogen-bond acceptors (Lipinski definition) is 5. The predicted molar refractivity (Wildman–Crippen MR) is 62.7 cm³/mol. The third kappa shape index (κ3) is 2.61. The topological polar surface area (TPSA) is 47.9 Å². The summed E-state index contributed by atoms with van der Waals surface area (Å²) in [4.78, 5) is 16.6. The second kappa shape index (κ2) is 4.65. The van der Waals surface area contributed by atoms with Crippen molar-refractivity contribution in [1.82, 2.24) is 0 Å². The molecule has 0 fully saturated rings. The summed E-state index contributed by atoms with van der Waals surface area (Å²) in [5.41, 5.74) is 1.04. The average Bonchev–Trinajstić information content (AvgIpc) is 2.57. The van der Waals surface area contributed by atoms with Crippen molar-refractivity contribution in [1.29, 1.82) is 0 Å². The number of fused-ring (bicyclic) bond motifs is 1. The zero-order chi connectivity index (χ0) is 11.5. The molecule has 0 saturated heterocycles. The minimum Gasteiger partial charge on any atom is -0.431 e. The lowest BCUT2D eigenvalue weighted by Crippen LogP contribution is -2.14. The Morgan fingerprint density at radius 2 is 2.38 bits per heavy atom. The smallest absolute Gasteiger partial charge is 0.431 e. The first-order chi connectivity index (χ1) is 7.65. The molecule has 1 aromatic rings. The van der Waals surface area contributed by atoms with E-state index in [9.17, 15) is 4.79 Å². The second-order valence-electron chi connectivity index (χ2n) is 3.75. The molecule has 0 aromatic carbocycles. The molecule has 2 rings (SSSR count). The maximum atomic E-state index is 11.3. The molecule has 0 unspecified atom stereocenters. The molecular weight excluding hydrogens is 226 g/mol. The van der Waals surface area contributed by atoms with E-state index in [2.05, 4.69) is 4.99 Å². The first-order valence-electron chi connectivity index (χ1n) is 5.16. The summed E-state index contributed by atoms with van der Waals surface area (Å²) in [6.07, 6.45) is 1.92. The molecule has 2 heterocycles. The van der Waals surface area contributed by atoms with Gasteiger partial charge >= 0.3 is 6.16 Å². The van der Waals surface area contributed by atoms with Crippen LogP contribution in [0.2, 0.25) is 0 Å². The van der Waals surface area contributed by atoms with Crippen LogP contribution in [0.25, 0.3) is 0 Å². The van der Waals surface area contributed by atoms with Crippen LogP contribution in [0, 0.1) is 0 Å². The summed E-state index contributed by atoms with van der Waals surface area (Å²) in [7, 11) is 0. The third-order valence-corrected chi connectivity index (χ3v) is 3.12. The Morgan fingerprint density at radius 3 is 3.06 bits per heavy atom. The van der Waals surface area contributed by atoms with Gasteiger partial charge in [-0.1, -0.05) is 0 Å². The van der Waals surface area contributed by atoms with Gasteiger partial charge < -0.3 is 9.47 Å². The van der Waals surface area contributed by atoms with Gasteiger partial charge in [0.2, 0.25) is 0 Å². The monoisotopic (exact) mass is 239 g/mol. The SMILES string of the molecule is CC(C)OC(=O)Oc1cc2c(s1)CCN=C2. The lowest BCUT2D eigenvalue weighted by Gasteiger charge is -2.06. The van der Waals surface area contributed by atoms with Crippen molar-refractivity contribution in [3.8, 4) is 5.06 Å². The van der Waals surface area contributed by atoms with Crippen LogP contribution in [0.5, 0.6) is 5.06 Å². The molecule has 4 nitrogen and oxygen atoms in total. The fourth-order valence-corrected chi connectivity index (χ4v) is 2.36. The standard InChI is InChI=1S/C11H13NO3S/c1-7(2)14-11(13)15-10-5-8-6-12-4-3-9(8)16-10/h5-7H,3-4H2,1-2H3. The molecule has 86 valence electrons. The van der Waals surface area contributed by atoms with E-state index in [1.807, 2.05) is 12.3 Å². The molecule has 1 aromatic heterocycles. The van der Waals surface area contributed by atoms with Crippen LogP contribution in [0.3, 0.4) is 0 Å². The highest BCUT2D eigenvalue weighted by molar-refractivity contribution is 7.14. The summed E-state index contributed by atoms with van der Waals surface area (Å²) in [5, 5.41) is 0.573. The van der Waals surface area contributed by atoms with Gasteiger partial charge in [0, 0.05) is 35.7 Å². The number of hydrogen-bond donors (Lipinski definition) is 0. The number of thiophene rings is 1. The second-order valence-corrected chi connectivity index (χ2v) is 4.85. The number of carbonyl (C=O) groups excluding carboxylic acids is 1. The van der Waals surface area contributed by atoms with Gasteiger partial charge in [-0.05, 0) is 13.8 Å². The lowest BCUT2D eigenvalue weighted by molar-refractivity contribution is 0.0740.